The topological polar surface area (TPSA) is 74.3 Å². The van der Waals surface area contributed by atoms with Gasteiger partial charge in [0.15, 0.2) is 18.1 Å². The molecule has 160 valence electrons. The highest BCUT2D eigenvalue weighted by Gasteiger charge is 2.33. The Balaban J connectivity index is 1.68. The molecule has 0 aliphatic heterocycles. The van der Waals surface area contributed by atoms with E-state index in [4.69, 9.17) is 18.9 Å². The van der Waals surface area contributed by atoms with Gasteiger partial charge in [-0.05, 0) is 31.0 Å². The van der Waals surface area contributed by atoms with Crippen molar-refractivity contribution in [3.63, 3.8) is 0 Å². The van der Waals surface area contributed by atoms with E-state index in [9.17, 15) is 14.0 Å². The molecule has 30 heavy (non-hydrogen) atoms. The molecular formula is C22H24FNO6. The highest BCUT2D eigenvalue weighted by atomic mass is 19.1. The maximum atomic E-state index is 14.0. The third-order valence-electron chi connectivity index (χ3n) is 4.83. The first-order valence-corrected chi connectivity index (χ1v) is 9.48. The molecule has 1 aliphatic rings. The van der Waals surface area contributed by atoms with Crippen LogP contribution >= 0.6 is 0 Å². The largest absolute Gasteiger partial charge is 0.493 e. The lowest BCUT2D eigenvalue weighted by atomic mass is 10.2. The number of methoxy groups -OCH3 is 3. The summed E-state index contributed by atoms with van der Waals surface area (Å²) in [5.74, 6) is -0.503. The lowest BCUT2D eigenvalue weighted by Crippen LogP contribution is -2.36. The molecule has 2 aromatic carbocycles. The third kappa shape index (κ3) is 4.82. The zero-order valence-electron chi connectivity index (χ0n) is 17.1. The maximum absolute atomic E-state index is 14.0. The van der Waals surface area contributed by atoms with Crippen LogP contribution in [-0.2, 0) is 16.1 Å². The molecule has 2 aromatic rings. The first kappa shape index (κ1) is 21.4. The van der Waals surface area contributed by atoms with Crippen LogP contribution in [0, 0.1) is 5.82 Å². The minimum Gasteiger partial charge on any atom is -0.493 e. The summed E-state index contributed by atoms with van der Waals surface area (Å²) in [6.45, 7) is -0.307. The van der Waals surface area contributed by atoms with Gasteiger partial charge >= 0.3 is 5.97 Å². The standard InChI is InChI=1S/C22H24FNO6/c1-27-18-10-15(11-19(28-2)21(18)29-3)22(26)30-13-20(25)24(16-8-9-16)12-14-6-4-5-7-17(14)23/h4-7,10-11,16H,8-9,12-13H2,1-3H3. The Bertz CT molecular complexity index is 903. The molecule has 0 radical (unpaired) electrons. The number of ether oxygens (including phenoxy) is 4. The van der Waals surface area contributed by atoms with Crippen LogP contribution in [0.1, 0.15) is 28.8 Å². The predicted molar refractivity (Wildman–Crippen MR) is 106 cm³/mol. The zero-order valence-corrected chi connectivity index (χ0v) is 17.1. The molecule has 1 amide bonds. The fourth-order valence-electron chi connectivity index (χ4n) is 3.11. The van der Waals surface area contributed by atoms with Gasteiger partial charge in [-0.15, -0.1) is 0 Å². The van der Waals surface area contributed by atoms with Crippen molar-refractivity contribution in [2.45, 2.75) is 25.4 Å². The lowest BCUT2D eigenvalue weighted by Gasteiger charge is -2.22. The van der Waals surface area contributed by atoms with Crippen molar-refractivity contribution in [3.8, 4) is 17.2 Å². The summed E-state index contributed by atoms with van der Waals surface area (Å²) in [4.78, 5) is 26.7. The quantitative estimate of drug-likeness (QED) is 0.584. The van der Waals surface area contributed by atoms with Gasteiger partial charge in [-0.1, -0.05) is 18.2 Å². The second-order valence-corrected chi connectivity index (χ2v) is 6.83. The molecule has 8 heteroatoms. The summed E-state index contributed by atoms with van der Waals surface area (Å²) >= 11 is 0. The number of benzene rings is 2. The fourth-order valence-corrected chi connectivity index (χ4v) is 3.11. The Kier molecular flexibility index (Phi) is 6.76. The van der Waals surface area contributed by atoms with Crippen molar-refractivity contribution in [2.75, 3.05) is 27.9 Å². The van der Waals surface area contributed by atoms with Crippen molar-refractivity contribution in [3.05, 3.63) is 53.3 Å². The Morgan fingerprint density at radius 3 is 2.20 bits per heavy atom. The molecule has 0 unspecified atom stereocenters. The van der Waals surface area contributed by atoms with E-state index in [0.29, 0.717) is 22.8 Å². The molecule has 1 aliphatic carbocycles. The average molecular weight is 417 g/mol. The summed E-state index contributed by atoms with van der Waals surface area (Å²) in [7, 11) is 4.33. The van der Waals surface area contributed by atoms with E-state index >= 15 is 0 Å². The van der Waals surface area contributed by atoms with E-state index in [1.165, 1.54) is 39.5 Å². The predicted octanol–water partition coefficient (Wildman–Crippen LogP) is 3.20. The van der Waals surface area contributed by atoms with Crippen LogP contribution < -0.4 is 14.2 Å². The second kappa shape index (κ2) is 9.47. The van der Waals surface area contributed by atoms with Gasteiger partial charge in [-0.2, -0.15) is 0 Å². The molecule has 0 saturated heterocycles. The molecule has 7 nitrogen and oxygen atoms in total. The molecule has 1 saturated carbocycles. The van der Waals surface area contributed by atoms with E-state index < -0.39 is 12.6 Å². The van der Waals surface area contributed by atoms with Crippen molar-refractivity contribution in [1.82, 2.24) is 4.90 Å². The maximum Gasteiger partial charge on any atom is 0.338 e. The highest BCUT2D eigenvalue weighted by molar-refractivity contribution is 5.93. The minimum absolute atomic E-state index is 0.0389. The number of rotatable bonds is 9. The van der Waals surface area contributed by atoms with Gasteiger partial charge in [0.1, 0.15) is 5.82 Å². The SMILES string of the molecule is COc1cc(C(=O)OCC(=O)N(Cc2ccccc2F)C2CC2)cc(OC)c1OC. The van der Waals surface area contributed by atoms with Gasteiger partial charge in [0.2, 0.25) is 5.75 Å². The lowest BCUT2D eigenvalue weighted by molar-refractivity contribution is -0.135. The van der Waals surface area contributed by atoms with Crippen LogP contribution in [0.25, 0.3) is 0 Å². The van der Waals surface area contributed by atoms with Crippen molar-refractivity contribution < 1.29 is 32.9 Å². The number of hydrogen-bond donors (Lipinski definition) is 0. The number of nitrogens with zero attached hydrogens (tertiary/aromatic N) is 1. The molecule has 0 bridgehead atoms. The van der Waals surface area contributed by atoms with Crippen LogP contribution in [0.3, 0.4) is 0 Å². The van der Waals surface area contributed by atoms with E-state index in [-0.39, 0.29) is 29.9 Å². The normalized spacial score (nSPS) is 12.8. The van der Waals surface area contributed by atoms with Gasteiger partial charge in [0, 0.05) is 18.2 Å². The zero-order chi connectivity index (χ0) is 21.7. The molecule has 0 spiro atoms. The molecule has 1 fully saturated rings. The molecule has 0 aromatic heterocycles. The van der Waals surface area contributed by atoms with Crippen LogP contribution in [0.4, 0.5) is 4.39 Å². The molecule has 0 atom stereocenters. The highest BCUT2D eigenvalue weighted by Crippen LogP contribution is 2.38. The summed E-state index contributed by atoms with van der Waals surface area (Å²) in [6, 6.07) is 9.25. The summed E-state index contributed by atoms with van der Waals surface area (Å²) in [5.41, 5.74) is 0.582. The average Bonchev–Trinajstić information content (AvgIpc) is 3.60. The Labute approximate surface area is 174 Å². The van der Waals surface area contributed by atoms with Gasteiger partial charge < -0.3 is 23.8 Å². The van der Waals surface area contributed by atoms with Crippen LogP contribution in [0.15, 0.2) is 36.4 Å². The number of amides is 1. The molecule has 0 heterocycles. The molecule has 0 N–H and O–H groups in total. The number of hydrogen-bond acceptors (Lipinski definition) is 6. The molecule has 3 rings (SSSR count). The van der Waals surface area contributed by atoms with Gasteiger partial charge in [-0.3, -0.25) is 4.79 Å². The first-order chi connectivity index (χ1) is 14.5. The Hall–Kier alpha value is -3.29. The second-order valence-electron chi connectivity index (χ2n) is 6.83. The molecular weight excluding hydrogens is 393 g/mol. The minimum atomic E-state index is -0.704. The summed E-state index contributed by atoms with van der Waals surface area (Å²) in [6.07, 6.45) is 1.70. The van der Waals surface area contributed by atoms with Crippen molar-refractivity contribution in [2.24, 2.45) is 0 Å². The van der Waals surface area contributed by atoms with E-state index in [0.717, 1.165) is 12.8 Å². The van der Waals surface area contributed by atoms with Crippen LogP contribution in [0.5, 0.6) is 17.2 Å². The summed E-state index contributed by atoms with van der Waals surface area (Å²) < 4.78 is 34.9. The smallest absolute Gasteiger partial charge is 0.338 e. The third-order valence-corrected chi connectivity index (χ3v) is 4.83. The fraction of sp³-hybridized carbons (Fsp3) is 0.364. The van der Waals surface area contributed by atoms with Gasteiger partial charge in [-0.25, -0.2) is 9.18 Å². The van der Waals surface area contributed by atoms with Crippen LogP contribution in [-0.4, -0.2) is 50.8 Å². The van der Waals surface area contributed by atoms with Gasteiger partial charge in [0.25, 0.3) is 5.91 Å². The summed E-state index contributed by atoms with van der Waals surface area (Å²) in [5, 5.41) is 0. The van der Waals surface area contributed by atoms with Crippen molar-refractivity contribution >= 4 is 11.9 Å². The number of carbonyl (C=O) groups is 2. The van der Waals surface area contributed by atoms with E-state index in [1.807, 2.05) is 0 Å². The van der Waals surface area contributed by atoms with Gasteiger partial charge in [0.05, 0.1) is 26.9 Å². The number of carbonyl (C=O) groups excluding carboxylic acids is 2. The number of halogens is 1. The Morgan fingerprint density at radius 1 is 1.03 bits per heavy atom. The number of esters is 1. The monoisotopic (exact) mass is 417 g/mol. The van der Waals surface area contributed by atoms with E-state index in [2.05, 4.69) is 0 Å². The van der Waals surface area contributed by atoms with Crippen molar-refractivity contribution in [1.29, 1.82) is 0 Å². The van der Waals surface area contributed by atoms with Crippen LogP contribution in [0.2, 0.25) is 0 Å². The Morgan fingerprint density at radius 2 is 1.67 bits per heavy atom. The first-order valence-electron chi connectivity index (χ1n) is 9.48. The van der Waals surface area contributed by atoms with E-state index in [1.54, 1.807) is 23.1 Å².